The molecule has 0 aliphatic heterocycles. The highest BCUT2D eigenvalue weighted by atomic mass is 16.3. The average Bonchev–Trinajstić information content (AvgIpc) is 3.21. The predicted octanol–water partition coefficient (Wildman–Crippen LogP) is 10.3. The lowest BCUT2D eigenvalue weighted by molar-refractivity contribution is 0.100. The van der Waals surface area contributed by atoms with Gasteiger partial charge in [-0.15, -0.1) is 10.2 Å². The van der Waals surface area contributed by atoms with Gasteiger partial charge in [0.05, 0.1) is 0 Å². The molecule has 0 fully saturated rings. The van der Waals surface area contributed by atoms with E-state index in [1.807, 2.05) is 121 Å². The second kappa shape index (κ2) is 13.2. The zero-order chi connectivity index (χ0) is 36.8. The van der Waals surface area contributed by atoms with Crippen LogP contribution >= 0.6 is 0 Å². The normalized spacial score (nSPS) is 11.3. The lowest BCUT2D eigenvalue weighted by Crippen LogP contribution is -2.18. The lowest BCUT2D eigenvalue weighted by Gasteiger charge is -2.18. The number of rotatable bonds is 6. The number of amides is 2. The van der Waals surface area contributed by atoms with Gasteiger partial charge in [0.15, 0.2) is 11.4 Å². The van der Waals surface area contributed by atoms with Crippen LogP contribution in [0.25, 0.3) is 65.3 Å². The van der Waals surface area contributed by atoms with Crippen LogP contribution in [-0.2, 0) is 0 Å². The van der Waals surface area contributed by atoms with Crippen molar-refractivity contribution < 1.29 is 19.8 Å². The molecule has 0 atom stereocenters. The molecule has 0 bridgehead atoms. The summed E-state index contributed by atoms with van der Waals surface area (Å²) in [5.74, 6) is -0.898. The molecule has 2 amide bonds. The summed E-state index contributed by atoms with van der Waals surface area (Å²) in [7, 11) is 0. The molecule has 8 heteroatoms. The zero-order valence-corrected chi connectivity index (χ0v) is 28.6. The van der Waals surface area contributed by atoms with Gasteiger partial charge in [-0.2, -0.15) is 0 Å². The van der Waals surface area contributed by atoms with Gasteiger partial charge in [0.1, 0.15) is 11.5 Å². The van der Waals surface area contributed by atoms with Crippen LogP contribution in [0.1, 0.15) is 21.0 Å². The number of fused-ring (bicyclic) bond motifs is 4. The van der Waals surface area contributed by atoms with Gasteiger partial charge in [-0.05, 0) is 79.5 Å². The Labute approximate surface area is 309 Å². The fourth-order valence-electron chi connectivity index (χ4n) is 7.28. The Morgan fingerprint density at radius 2 is 0.685 bits per heavy atom. The summed E-state index contributed by atoms with van der Waals surface area (Å²) >= 11 is 0. The predicted molar refractivity (Wildman–Crippen MR) is 215 cm³/mol. The van der Waals surface area contributed by atoms with Crippen molar-refractivity contribution in [1.82, 2.24) is 10.2 Å². The minimum atomic E-state index is -0.533. The third kappa shape index (κ3) is 5.59. The molecule has 1 heterocycles. The summed E-state index contributed by atoms with van der Waals surface area (Å²) in [5, 5.41) is 43.8. The number of hydrogen-bond donors (Lipinski definition) is 4. The molecular weight excluding hydrogens is 673 g/mol. The van der Waals surface area contributed by atoms with Crippen LogP contribution in [-0.4, -0.2) is 32.2 Å². The molecule has 0 spiro atoms. The first-order valence-electron chi connectivity index (χ1n) is 17.4. The van der Waals surface area contributed by atoms with Crippen LogP contribution in [0.5, 0.6) is 11.5 Å². The SMILES string of the molecule is O=C(Nc1ccc2ccccc2c1-c1c(O)ccc2ccccc12)c1ccc(C(=O)Nc2ccc3ccccc3c2-c2c(O)ccc3ccccc23)nn1. The van der Waals surface area contributed by atoms with Crippen molar-refractivity contribution in [2.75, 3.05) is 10.6 Å². The highest BCUT2D eigenvalue weighted by Gasteiger charge is 2.22. The van der Waals surface area contributed by atoms with Crippen LogP contribution < -0.4 is 10.6 Å². The second-order valence-corrected chi connectivity index (χ2v) is 13.0. The monoisotopic (exact) mass is 702 g/mol. The maximum absolute atomic E-state index is 13.7. The van der Waals surface area contributed by atoms with E-state index in [0.717, 1.165) is 43.1 Å². The van der Waals surface area contributed by atoms with E-state index < -0.39 is 11.8 Å². The molecule has 4 N–H and O–H groups in total. The minimum Gasteiger partial charge on any atom is -0.507 e. The number of anilines is 2. The first-order chi connectivity index (χ1) is 26.4. The van der Waals surface area contributed by atoms with E-state index in [2.05, 4.69) is 20.8 Å². The quantitative estimate of drug-likeness (QED) is 0.137. The highest BCUT2D eigenvalue weighted by molar-refractivity contribution is 6.17. The van der Waals surface area contributed by atoms with Crippen LogP contribution in [0.15, 0.2) is 158 Å². The number of carbonyl (C=O) groups is 2. The molecular formula is C46H30N4O4. The summed E-state index contributed by atoms with van der Waals surface area (Å²) < 4.78 is 0. The van der Waals surface area contributed by atoms with Gasteiger partial charge in [-0.1, -0.05) is 121 Å². The average molecular weight is 703 g/mol. The highest BCUT2D eigenvalue weighted by Crippen LogP contribution is 2.45. The summed E-state index contributed by atoms with van der Waals surface area (Å²) in [4.78, 5) is 27.4. The molecule has 8 nitrogen and oxygen atoms in total. The Balaban J connectivity index is 1.05. The Kier molecular flexibility index (Phi) is 7.90. The summed E-state index contributed by atoms with van der Waals surface area (Å²) in [6, 6.07) is 48.5. The Hall–Kier alpha value is -7.58. The number of benzene rings is 8. The van der Waals surface area contributed by atoms with Crippen molar-refractivity contribution in [2.45, 2.75) is 0 Å². The van der Waals surface area contributed by atoms with E-state index in [0.29, 0.717) is 33.6 Å². The van der Waals surface area contributed by atoms with Crippen molar-refractivity contribution in [3.63, 3.8) is 0 Å². The van der Waals surface area contributed by atoms with Gasteiger partial charge in [-0.25, -0.2) is 0 Å². The molecule has 0 aliphatic rings. The largest absolute Gasteiger partial charge is 0.507 e. The van der Waals surface area contributed by atoms with Crippen molar-refractivity contribution in [3.05, 3.63) is 169 Å². The van der Waals surface area contributed by atoms with Crippen molar-refractivity contribution in [3.8, 4) is 33.8 Å². The Bertz CT molecular complexity index is 2760. The Morgan fingerprint density at radius 1 is 0.370 bits per heavy atom. The van der Waals surface area contributed by atoms with E-state index in [4.69, 9.17) is 0 Å². The van der Waals surface area contributed by atoms with Crippen molar-refractivity contribution in [1.29, 1.82) is 0 Å². The number of nitrogens with zero attached hydrogens (tertiary/aromatic N) is 2. The summed E-state index contributed by atoms with van der Waals surface area (Å²) in [6.45, 7) is 0. The molecule has 9 rings (SSSR count). The molecule has 9 aromatic rings. The van der Waals surface area contributed by atoms with Gasteiger partial charge < -0.3 is 20.8 Å². The molecule has 0 saturated carbocycles. The molecule has 0 saturated heterocycles. The van der Waals surface area contributed by atoms with E-state index >= 15 is 0 Å². The first-order valence-corrected chi connectivity index (χ1v) is 17.4. The number of carbonyl (C=O) groups excluding carboxylic acids is 2. The van der Waals surface area contributed by atoms with E-state index in [9.17, 15) is 19.8 Å². The Morgan fingerprint density at radius 3 is 1.04 bits per heavy atom. The summed E-state index contributed by atoms with van der Waals surface area (Å²) in [6.07, 6.45) is 0. The van der Waals surface area contributed by atoms with Crippen LogP contribution in [0, 0.1) is 0 Å². The molecule has 0 unspecified atom stereocenters. The second-order valence-electron chi connectivity index (χ2n) is 13.0. The van der Waals surface area contributed by atoms with Gasteiger partial charge in [-0.3, -0.25) is 9.59 Å². The molecule has 8 aromatic carbocycles. The smallest absolute Gasteiger partial charge is 0.276 e. The van der Waals surface area contributed by atoms with Crippen LogP contribution in [0.3, 0.4) is 0 Å². The third-order valence-electron chi connectivity index (χ3n) is 9.80. The zero-order valence-electron chi connectivity index (χ0n) is 28.6. The number of hydrogen-bond acceptors (Lipinski definition) is 6. The van der Waals surface area contributed by atoms with Crippen LogP contribution in [0.4, 0.5) is 11.4 Å². The number of phenolic OH excluding ortho intramolecular Hbond substituents is 2. The molecule has 0 aliphatic carbocycles. The first kappa shape index (κ1) is 32.3. The lowest BCUT2D eigenvalue weighted by atomic mass is 9.91. The van der Waals surface area contributed by atoms with E-state index in [-0.39, 0.29) is 22.9 Å². The van der Waals surface area contributed by atoms with Crippen LogP contribution in [0.2, 0.25) is 0 Å². The minimum absolute atomic E-state index is 0.000118. The molecule has 0 radical (unpaired) electrons. The third-order valence-corrected chi connectivity index (χ3v) is 9.80. The van der Waals surface area contributed by atoms with E-state index in [1.165, 1.54) is 12.1 Å². The number of nitrogens with one attached hydrogen (secondary N) is 2. The number of phenols is 2. The summed E-state index contributed by atoms with van der Waals surface area (Å²) in [5.41, 5.74) is 3.50. The van der Waals surface area contributed by atoms with Gasteiger partial charge in [0.25, 0.3) is 11.8 Å². The number of aromatic nitrogens is 2. The topological polar surface area (TPSA) is 124 Å². The maximum atomic E-state index is 13.7. The fourth-order valence-corrected chi connectivity index (χ4v) is 7.28. The standard InChI is InChI=1S/C46H30N4O4/c51-39-25-19-29-11-3-7-15-33(29)43(39)41-31-13-5-1-9-27(31)17-21-35(41)47-45(53)37-23-24-38(50-49-37)46(54)48-36-22-18-28-10-2-6-14-32(28)42(36)44-34-16-8-4-12-30(34)20-26-40(44)52/h1-26,51-52H,(H,47,53)(H,48,54). The van der Waals surface area contributed by atoms with Gasteiger partial charge in [0.2, 0.25) is 0 Å². The fraction of sp³-hybridized carbons (Fsp3) is 0. The molecule has 54 heavy (non-hydrogen) atoms. The van der Waals surface area contributed by atoms with Gasteiger partial charge in [0, 0.05) is 33.6 Å². The van der Waals surface area contributed by atoms with E-state index in [1.54, 1.807) is 24.3 Å². The van der Waals surface area contributed by atoms with Gasteiger partial charge >= 0.3 is 0 Å². The molecule has 1 aromatic heterocycles. The number of aromatic hydroxyl groups is 2. The molecule has 258 valence electrons. The van der Waals surface area contributed by atoms with Crippen molar-refractivity contribution >= 4 is 66.3 Å². The van der Waals surface area contributed by atoms with Crippen molar-refractivity contribution in [2.24, 2.45) is 0 Å². The maximum Gasteiger partial charge on any atom is 0.276 e.